The molecule has 0 bridgehead atoms. The first-order valence-corrected chi connectivity index (χ1v) is 10.8. The molecule has 3 N–H and O–H groups in total. The minimum atomic E-state index is -0.545. The van der Waals surface area contributed by atoms with E-state index in [1.807, 2.05) is 48.5 Å². The molecule has 0 aliphatic rings. The van der Waals surface area contributed by atoms with Crippen LogP contribution in [-0.4, -0.2) is 34.7 Å². The molecule has 0 spiro atoms. The quantitative estimate of drug-likeness (QED) is 0.428. The summed E-state index contributed by atoms with van der Waals surface area (Å²) in [5.74, 6) is -0.775. The van der Waals surface area contributed by atoms with Gasteiger partial charge in [0.2, 0.25) is 5.01 Å². The highest BCUT2D eigenvalue weighted by atomic mass is 32.1. The van der Waals surface area contributed by atoms with Crippen molar-refractivity contribution in [2.24, 2.45) is 0 Å². The first-order valence-electron chi connectivity index (χ1n) is 9.99. The standard InChI is InChI=1S/C22H23N5O4S/c1-2-31-19(28)13-17(15-9-5-3-6-10-15)25-22(30)23-14-18-26-27-21(32-18)20(29)24-16-11-7-4-8-12-16/h3-12,17H,2,13-14H2,1H3,(H,24,29)(H2,23,25,30)/t17-/m0/s1. The smallest absolute Gasteiger partial charge is 0.315 e. The van der Waals surface area contributed by atoms with Gasteiger partial charge in [-0.2, -0.15) is 0 Å². The molecule has 1 atom stereocenters. The van der Waals surface area contributed by atoms with Crippen molar-refractivity contribution in [2.75, 3.05) is 11.9 Å². The van der Waals surface area contributed by atoms with Crippen LogP contribution in [0.15, 0.2) is 60.7 Å². The second kappa shape index (κ2) is 11.6. The van der Waals surface area contributed by atoms with Gasteiger partial charge in [0.05, 0.1) is 25.6 Å². The molecule has 1 aromatic heterocycles. The second-order valence-corrected chi connectivity index (χ2v) is 7.68. The topological polar surface area (TPSA) is 122 Å². The lowest BCUT2D eigenvalue weighted by molar-refractivity contribution is -0.143. The predicted octanol–water partition coefficient (Wildman–Crippen LogP) is 3.28. The van der Waals surface area contributed by atoms with Crippen molar-refractivity contribution in [1.82, 2.24) is 20.8 Å². The van der Waals surface area contributed by atoms with Gasteiger partial charge >= 0.3 is 12.0 Å². The summed E-state index contributed by atoms with van der Waals surface area (Å²) >= 11 is 1.08. The summed E-state index contributed by atoms with van der Waals surface area (Å²) in [6.45, 7) is 2.08. The molecule has 3 rings (SSSR count). The molecule has 1 heterocycles. The maximum atomic E-state index is 12.4. The normalized spacial score (nSPS) is 11.3. The molecule has 2 aromatic carbocycles. The van der Waals surface area contributed by atoms with E-state index in [-0.39, 0.29) is 30.5 Å². The summed E-state index contributed by atoms with van der Waals surface area (Å²) in [6, 6.07) is 17.2. The molecule has 3 aromatic rings. The van der Waals surface area contributed by atoms with Gasteiger partial charge in [0, 0.05) is 5.69 Å². The van der Waals surface area contributed by atoms with Crippen molar-refractivity contribution in [3.8, 4) is 0 Å². The zero-order valence-electron chi connectivity index (χ0n) is 17.4. The molecule has 0 aliphatic heterocycles. The Morgan fingerprint density at radius 1 is 1.00 bits per heavy atom. The Morgan fingerprint density at radius 3 is 2.38 bits per heavy atom. The van der Waals surface area contributed by atoms with E-state index in [2.05, 4.69) is 26.1 Å². The number of rotatable bonds is 9. The Kier molecular flexibility index (Phi) is 8.27. The lowest BCUT2D eigenvalue weighted by Crippen LogP contribution is -2.38. The number of carbonyl (C=O) groups is 3. The number of nitrogens with one attached hydrogen (secondary N) is 3. The van der Waals surface area contributed by atoms with E-state index in [1.165, 1.54) is 0 Å². The number of hydrogen-bond acceptors (Lipinski definition) is 7. The SMILES string of the molecule is CCOC(=O)C[C@H](NC(=O)NCc1nnc(C(=O)Nc2ccccc2)s1)c1ccccc1. The molecular weight excluding hydrogens is 430 g/mol. The molecule has 0 fully saturated rings. The average molecular weight is 454 g/mol. The van der Waals surface area contributed by atoms with Gasteiger partial charge in [0.1, 0.15) is 5.01 Å². The zero-order valence-corrected chi connectivity index (χ0v) is 18.2. The van der Waals surface area contributed by atoms with E-state index < -0.39 is 18.0 Å². The second-order valence-electron chi connectivity index (χ2n) is 6.62. The minimum Gasteiger partial charge on any atom is -0.466 e. The zero-order chi connectivity index (χ0) is 22.8. The summed E-state index contributed by atoms with van der Waals surface area (Å²) in [5.41, 5.74) is 1.44. The van der Waals surface area contributed by atoms with Crippen LogP contribution in [0, 0.1) is 0 Å². The monoisotopic (exact) mass is 453 g/mol. The number of benzene rings is 2. The van der Waals surface area contributed by atoms with Gasteiger partial charge in [-0.3, -0.25) is 9.59 Å². The molecule has 0 saturated carbocycles. The van der Waals surface area contributed by atoms with E-state index in [1.54, 1.807) is 19.1 Å². The summed E-state index contributed by atoms with van der Waals surface area (Å²) in [5, 5.41) is 16.7. The molecule has 0 saturated heterocycles. The first kappa shape index (κ1) is 22.9. The van der Waals surface area contributed by atoms with Crippen molar-refractivity contribution < 1.29 is 19.1 Å². The van der Waals surface area contributed by atoms with Crippen LogP contribution in [0.1, 0.15) is 39.8 Å². The Balaban J connectivity index is 1.55. The summed E-state index contributed by atoms with van der Waals surface area (Å²) in [7, 11) is 0. The van der Waals surface area contributed by atoms with Crippen LogP contribution in [0.25, 0.3) is 0 Å². The number of aromatic nitrogens is 2. The number of carbonyl (C=O) groups excluding carboxylic acids is 3. The predicted molar refractivity (Wildman–Crippen MR) is 120 cm³/mol. The highest BCUT2D eigenvalue weighted by molar-refractivity contribution is 7.13. The van der Waals surface area contributed by atoms with Gasteiger partial charge in [-0.05, 0) is 24.6 Å². The molecule has 3 amide bonds. The Hall–Kier alpha value is -3.79. The maximum Gasteiger partial charge on any atom is 0.315 e. The lowest BCUT2D eigenvalue weighted by atomic mass is 10.0. The van der Waals surface area contributed by atoms with E-state index >= 15 is 0 Å². The van der Waals surface area contributed by atoms with Gasteiger partial charge < -0.3 is 20.7 Å². The number of nitrogens with zero attached hydrogens (tertiary/aromatic N) is 2. The van der Waals surface area contributed by atoms with Gasteiger partial charge in [-0.15, -0.1) is 10.2 Å². The molecule has 32 heavy (non-hydrogen) atoms. The van der Waals surface area contributed by atoms with Crippen LogP contribution >= 0.6 is 11.3 Å². The summed E-state index contributed by atoms with van der Waals surface area (Å²) < 4.78 is 5.01. The third-order valence-electron chi connectivity index (χ3n) is 4.28. The molecule has 9 nitrogen and oxygen atoms in total. The lowest BCUT2D eigenvalue weighted by Gasteiger charge is -2.18. The molecule has 0 aliphatic carbocycles. The van der Waals surface area contributed by atoms with E-state index in [9.17, 15) is 14.4 Å². The van der Waals surface area contributed by atoms with Crippen molar-refractivity contribution in [2.45, 2.75) is 25.9 Å². The number of esters is 1. The Labute approximate surface area is 189 Å². The van der Waals surface area contributed by atoms with Gasteiger partial charge in [-0.25, -0.2) is 4.79 Å². The number of ether oxygens (including phenoxy) is 1. The Bertz CT molecular complexity index is 1040. The van der Waals surface area contributed by atoms with Crippen molar-refractivity contribution >= 4 is 34.9 Å². The van der Waals surface area contributed by atoms with Gasteiger partial charge in [0.15, 0.2) is 0 Å². The number of urea groups is 1. The molecule has 10 heteroatoms. The maximum absolute atomic E-state index is 12.4. The first-order chi connectivity index (χ1) is 15.5. The van der Waals surface area contributed by atoms with Crippen molar-refractivity contribution in [1.29, 1.82) is 0 Å². The molecule has 0 radical (unpaired) electrons. The highest BCUT2D eigenvalue weighted by Crippen LogP contribution is 2.17. The van der Waals surface area contributed by atoms with Gasteiger partial charge in [-0.1, -0.05) is 59.9 Å². The van der Waals surface area contributed by atoms with E-state index in [0.717, 1.165) is 16.9 Å². The van der Waals surface area contributed by atoms with Crippen molar-refractivity contribution in [3.63, 3.8) is 0 Å². The fourth-order valence-electron chi connectivity index (χ4n) is 2.81. The third kappa shape index (κ3) is 6.88. The highest BCUT2D eigenvalue weighted by Gasteiger charge is 2.20. The fourth-order valence-corrected chi connectivity index (χ4v) is 3.49. The number of anilines is 1. The summed E-state index contributed by atoms with van der Waals surface area (Å²) in [6.07, 6.45) is 0.00782. The van der Waals surface area contributed by atoms with Crippen LogP contribution in [0.3, 0.4) is 0 Å². The number of hydrogen-bond donors (Lipinski definition) is 3. The minimum absolute atomic E-state index is 0.00782. The fraction of sp³-hybridized carbons (Fsp3) is 0.227. The molecular formula is C22H23N5O4S. The van der Waals surface area contributed by atoms with E-state index in [4.69, 9.17) is 4.74 Å². The van der Waals surface area contributed by atoms with Crippen LogP contribution in [0.4, 0.5) is 10.5 Å². The summed E-state index contributed by atoms with van der Waals surface area (Å²) in [4.78, 5) is 36.6. The largest absolute Gasteiger partial charge is 0.466 e. The van der Waals surface area contributed by atoms with E-state index in [0.29, 0.717) is 10.7 Å². The molecule has 166 valence electrons. The van der Waals surface area contributed by atoms with Crippen LogP contribution in [-0.2, 0) is 16.1 Å². The number of para-hydroxylation sites is 1. The number of amides is 3. The Morgan fingerprint density at radius 2 is 1.69 bits per heavy atom. The van der Waals surface area contributed by atoms with Gasteiger partial charge in [0.25, 0.3) is 5.91 Å². The van der Waals surface area contributed by atoms with Crippen LogP contribution in [0.5, 0.6) is 0 Å². The molecule has 0 unspecified atom stereocenters. The average Bonchev–Trinajstić information content (AvgIpc) is 3.28. The third-order valence-corrected chi connectivity index (χ3v) is 5.20. The van der Waals surface area contributed by atoms with Crippen LogP contribution in [0.2, 0.25) is 0 Å². The van der Waals surface area contributed by atoms with Crippen molar-refractivity contribution in [3.05, 3.63) is 76.2 Å². The van der Waals surface area contributed by atoms with Crippen LogP contribution < -0.4 is 16.0 Å².